The molecule has 0 aliphatic rings. The predicted molar refractivity (Wildman–Crippen MR) is 74.7 cm³/mol. The zero-order valence-electron chi connectivity index (χ0n) is 11.7. The van der Waals surface area contributed by atoms with Gasteiger partial charge < -0.3 is 0 Å². The van der Waals surface area contributed by atoms with Gasteiger partial charge in [0.2, 0.25) is 0 Å². The lowest BCUT2D eigenvalue weighted by atomic mass is 10.1. The fourth-order valence-electron chi connectivity index (χ4n) is 1.97. The molecule has 1 aromatic heterocycles. The van der Waals surface area contributed by atoms with E-state index in [0.29, 0.717) is 6.42 Å². The van der Waals surface area contributed by atoms with E-state index >= 15 is 0 Å². The molecule has 100 valence electrons. The standard InChI is InChI=1S/C15H19N3O/c1-4-13(19)11-7-9-12(10-8-11)18-15(6-3)16-14(5-2)17-18/h7-10H,4-6H2,1-3H3. The average Bonchev–Trinajstić information content (AvgIpc) is 2.90. The Morgan fingerprint density at radius 3 is 2.32 bits per heavy atom. The maximum Gasteiger partial charge on any atom is 0.162 e. The van der Waals surface area contributed by atoms with Crippen molar-refractivity contribution in [2.75, 3.05) is 0 Å². The summed E-state index contributed by atoms with van der Waals surface area (Å²) in [5.41, 5.74) is 1.71. The number of rotatable bonds is 5. The number of hydrogen-bond acceptors (Lipinski definition) is 3. The molecular weight excluding hydrogens is 238 g/mol. The summed E-state index contributed by atoms with van der Waals surface area (Å²) in [4.78, 5) is 16.1. The first-order valence-corrected chi connectivity index (χ1v) is 6.78. The Labute approximate surface area is 113 Å². The Hall–Kier alpha value is -1.97. The normalized spacial score (nSPS) is 10.7. The van der Waals surface area contributed by atoms with Crippen molar-refractivity contribution in [3.05, 3.63) is 41.5 Å². The first-order chi connectivity index (χ1) is 9.19. The minimum Gasteiger partial charge on any atom is -0.294 e. The molecule has 0 radical (unpaired) electrons. The first-order valence-electron chi connectivity index (χ1n) is 6.78. The third-order valence-electron chi connectivity index (χ3n) is 3.11. The van der Waals surface area contributed by atoms with Gasteiger partial charge >= 0.3 is 0 Å². The van der Waals surface area contributed by atoms with Gasteiger partial charge in [0.15, 0.2) is 11.6 Å². The fourth-order valence-corrected chi connectivity index (χ4v) is 1.97. The third kappa shape index (κ3) is 2.72. The summed E-state index contributed by atoms with van der Waals surface area (Å²) in [6, 6.07) is 7.56. The van der Waals surface area contributed by atoms with Crippen LogP contribution in [0, 0.1) is 0 Å². The third-order valence-corrected chi connectivity index (χ3v) is 3.11. The summed E-state index contributed by atoms with van der Waals surface area (Å²) in [5.74, 6) is 1.96. The van der Waals surface area contributed by atoms with Gasteiger partial charge in [-0.1, -0.05) is 20.8 Å². The van der Waals surface area contributed by atoms with Crippen molar-refractivity contribution in [2.24, 2.45) is 0 Å². The first kappa shape index (κ1) is 13.5. The van der Waals surface area contributed by atoms with Gasteiger partial charge in [0.1, 0.15) is 5.82 Å². The molecule has 2 aromatic rings. The lowest BCUT2D eigenvalue weighted by Gasteiger charge is -2.05. The van der Waals surface area contributed by atoms with Gasteiger partial charge in [0.25, 0.3) is 0 Å². The number of carbonyl (C=O) groups is 1. The van der Waals surface area contributed by atoms with Crippen molar-refractivity contribution < 1.29 is 4.79 Å². The van der Waals surface area contributed by atoms with Crippen molar-refractivity contribution in [2.45, 2.75) is 40.0 Å². The molecule has 19 heavy (non-hydrogen) atoms. The fraction of sp³-hybridized carbons (Fsp3) is 0.400. The zero-order chi connectivity index (χ0) is 13.8. The second-order valence-electron chi connectivity index (χ2n) is 4.39. The molecule has 0 spiro atoms. The molecule has 4 nitrogen and oxygen atoms in total. The summed E-state index contributed by atoms with van der Waals surface area (Å²) in [6.07, 6.45) is 2.19. The average molecular weight is 257 g/mol. The van der Waals surface area contributed by atoms with Gasteiger partial charge in [0.05, 0.1) is 5.69 Å². The van der Waals surface area contributed by atoms with Crippen LogP contribution in [0.5, 0.6) is 0 Å². The zero-order valence-corrected chi connectivity index (χ0v) is 11.7. The van der Waals surface area contributed by atoms with Crippen LogP contribution in [0.15, 0.2) is 24.3 Å². The van der Waals surface area contributed by atoms with Crippen LogP contribution in [0.1, 0.15) is 49.2 Å². The molecule has 0 aliphatic heterocycles. The number of carbonyl (C=O) groups excluding carboxylic acids is 1. The quantitative estimate of drug-likeness (QED) is 0.774. The van der Waals surface area contributed by atoms with Crippen LogP contribution in [-0.2, 0) is 12.8 Å². The van der Waals surface area contributed by atoms with Crippen LogP contribution in [-0.4, -0.2) is 20.5 Å². The van der Waals surface area contributed by atoms with Gasteiger partial charge in [-0.25, -0.2) is 9.67 Å². The van der Waals surface area contributed by atoms with E-state index in [9.17, 15) is 4.79 Å². The van der Waals surface area contributed by atoms with E-state index in [1.165, 1.54) is 0 Å². The molecule has 1 heterocycles. The van der Waals surface area contributed by atoms with E-state index in [1.807, 2.05) is 42.8 Å². The van der Waals surface area contributed by atoms with E-state index in [-0.39, 0.29) is 5.78 Å². The van der Waals surface area contributed by atoms with Crippen LogP contribution in [0.25, 0.3) is 5.69 Å². The molecule has 4 heteroatoms. The highest BCUT2D eigenvalue weighted by Gasteiger charge is 2.09. The number of aryl methyl sites for hydroxylation is 2. The Morgan fingerprint density at radius 1 is 1.11 bits per heavy atom. The number of Topliss-reactive ketones (excluding diaryl/α,β-unsaturated/α-hetero) is 1. The van der Waals surface area contributed by atoms with E-state index in [4.69, 9.17) is 0 Å². The molecule has 0 aliphatic carbocycles. The van der Waals surface area contributed by atoms with E-state index in [1.54, 1.807) is 0 Å². The minimum absolute atomic E-state index is 0.162. The van der Waals surface area contributed by atoms with Crippen molar-refractivity contribution in [3.8, 4) is 5.69 Å². The molecule has 0 atom stereocenters. The van der Waals surface area contributed by atoms with E-state index < -0.39 is 0 Å². The molecule has 2 rings (SSSR count). The molecule has 0 unspecified atom stereocenters. The summed E-state index contributed by atoms with van der Waals surface area (Å²) < 4.78 is 1.86. The molecule has 0 saturated carbocycles. The van der Waals surface area contributed by atoms with Crippen molar-refractivity contribution >= 4 is 5.78 Å². The van der Waals surface area contributed by atoms with Crippen LogP contribution >= 0.6 is 0 Å². The van der Waals surface area contributed by atoms with E-state index in [2.05, 4.69) is 17.0 Å². The number of hydrogen-bond donors (Lipinski definition) is 0. The lowest BCUT2D eigenvalue weighted by molar-refractivity contribution is 0.0988. The number of ketones is 1. The number of nitrogens with zero attached hydrogens (tertiary/aromatic N) is 3. The molecule has 1 aromatic carbocycles. The van der Waals surface area contributed by atoms with Crippen LogP contribution in [0.2, 0.25) is 0 Å². The Balaban J connectivity index is 2.36. The van der Waals surface area contributed by atoms with Crippen LogP contribution in [0.3, 0.4) is 0 Å². The molecule has 0 bridgehead atoms. The summed E-state index contributed by atoms with van der Waals surface area (Å²) in [5, 5.41) is 4.49. The topological polar surface area (TPSA) is 47.8 Å². The minimum atomic E-state index is 0.162. The summed E-state index contributed by atoms with van der Waals surface area (Å²) in [6.45, 7) is 5.98. The van der Waals surface area contributed by atoms with Gasteiger partial charge in [-0.05, 0) is 24.3 Å². The molecule has 0 N–H and O–H groups in total. The highest BCUT2D eigenvalue weighted by molar-refractivity contribution is 5.95. The van der Waals surface area contributed by atoms with Gasteiger partial charge in [-0.15, -0.1) is 0 Å². The second kappa shape index (κ2) is 5.78. The molecule has 0 amide bonds. The second-order valence-corrected chi connectivity index (χ2v) is 4.39. The van der Waals surface area contributed by atoms with Gasteiger partial charge in [-0.3, -0.25) is 4.79 Å². The highest BCUT2D eigenvalue weighted by Crippen LogP contribution is 2.13. The summed E-state index contributed by atoms with van der Waals surface area (Å²) in [7, 11) is 0. The maximum atomic E-state index is 11.6. The SMILES string of the molecule is CCC(=O)c1ccc(-n2nc(CC)nc2CC)cc1. The summed E-state index contributed by atoms with van der Waals surface area (Å²) >= 11 is 0. The van der Waals surface area contributed by atoms with Gasteiger partial charge in [-0.2, -0.15) is 5.10 Å². The van der Waals surface area contributed by atoms with E-state index in [0.717, 1.165) is 35.7 Å². The Morgan fingerprint density at radius 2 is 1.79 bits per heavy atom. The molecular formula is C15H19N3O. The van der Waals surface area contributed by atoms with Crippen LogP contribution in [0.4, 0.5) is 0 Å². The Kier molecular flexibility index (Phi) is 4.10. The van der Waals surface area contributed by atoms with Crippen LogP contribution < -0.4 is 0 Å². The number of aromatic nitrogens is 3. The van der Waals surface area contributed by atoms with Crippen molar-refractivity contribution in [1.29, 1.82) is 0 Å². The largest absolute Gasteiger partial charge is 0.294 e. The number of benzene rings is 1. The molecule has 0 fully saturated rings. The molecule has 0 saturated heterocycles. The highest BCUT2D eigenvalue weighted by atomic mass is 16.1. The smallest absolute Gasteiger partial charge is 0.162 e. The Bertz CT molecular complexity index is 570. The lowest BCUT2D eigenvalue weighted by Crippen LogP contribution is -2.03. The monoisotopic (exact) mass is 257 g/mol. The van der Waals surface area contributed by atoms with Gasteiger partial charge in [0, 0.05) is 24.8 Å². The van der Waals surface area contributed by atoms with Crippen molar-refractivity contribution in [1.82, 2.24) is 14.8 Å². The predicted octanol–water partition coefficient (Wildman–Crippen LogP) is 2.98. The maximum absolute atomic E-state index is 11.6. The van der Waals surface area contributed by atoms with Crippen molar-refractivity contribution in [3.63, 3.8) is 0 Å².